The lowest BCUT2D eigenvalue weighted by molar-refractivity contribution is 0.365. The third-order valence-corrected chi connectivity index (χ3v) is 2.31. The summed E-state index contributed by atoms with van der Waals surface area (Å²) < 4.78 is 25.7. The lowest BCUT2D eigenvalue weighted by atomic mass is 9.89. The van der Waals surface area contributed by atoms with Gasteiger partial charge in [0.25, 0.3) is 0 Å². The first-order chi connectivity index (χ1) is 6.87. The Morgan fingerprint density at radius 3 is 2.00 bits per heavy atom. The number of aryl methyl sites for hydroxylation is 1. The molecule has 2 heteroatoms. The molecule has 0 saturated heterocycles. The van der Waals surface area contributed by atoms with Crippen LogP contribution in [0, 0.1) is 17.0 Å². The smallest absolute Gasteiger partial charge is 0.126 e. The second-order valence-electron chi connectivity index (χ2n) is 5.19. The highest BCUT2D eigenvalue weighted by atomic mass is 19.1. The Balaban J connectivity index is 2.51. The van der Waals surface area contributed by atoms with Gasteiger partial charge in [-0.2, -0.15) is 0 Å². The number of benzene rings is 1. The van der Waals surface area contributed by atoms with Gasteiger partial charge in [-0.15, -0.1) is 0 Å². The summed E-state index contributed by atoms with van der Waals surface area (Å²) in [6.07, 6.45) is 2.77. The van der Waals surface area contributed by atoms with Gasteiger partial charge in [0, 0.05) is 6.07 Å². The van der Waals surface area contributed by atoms with Crippen molar-refractivity contribution >= 4 is 0 Å². The first-order valence-corrected chi connectivity index (χ1v) is 5.32. The molecule has 0 amide bonds. The minimum Gasteiger partial charge on any atom is -0.207 e. The fraction of sp³-hybridized carbons (Fsp3) is 0.538. The van der Waals surface area contributed by atoms with Crippen LogP contribution in [0.3, 0.4) is 0 Å². The minimum absolute atomic E-state index is 0.284. The molecule has 0 N–H and O–H groups in total. The van der Waals surface area contributed by atoms with Crippen LogP contribution in [0.15, 0.2) is 18.2 Å². The number of rotatable bonds is 3. The van der Waals surface area contributed by atoms with Crippen LogP contribution >= 0.6 is 0 Å². The van der Waals surface area contributed by atoms with Crippen LogP contribution in [0.25, 0.3) is 0 Å². The maximum Gasteiger partial charge on any atom is 0.126 e. The first-order valence-electron chi connectivity index (χ1n) is 5.32. The molecule has 1 aromatic carbocycles. The lowest BCUT2D eigenvalue weighted by Gasteiger charge is -2.17. The van der Waals surface area contributed by atoms with Crippen LogP contribution in [0.5, 0.6) is 0 Å². The molecule has 0 fully saturated rings. The largest absolute Gasteiger partial charge is 0.207 e. The van der Waals surface area contributed by atoms with Crippen LogP contribution in [-0.2, 0) is 6.42 Å². The van der Waals surface area contributed by atoms with Crippen molar-refractivity contribution in [1.82, 2.24) is 0 Å². The standard InChI is InChI=1S/C13H18F2/c1-13(2,3)6-4-5-10-7-11(14)9-12(15)8-10/h7-9H,4-6H2,1-3H3. The number of hydrogen-bond donors (Lipinski definition) is 0. The SMILES string of the molecule is CC(C)(C)CCCc1cc(F)cc(F)c1. The van der Waals surface area contributed by atoms with E-state index in [1.165, 1.54) is 12.1 Å². The van der Waals surface area contributed by atoms with Crippen molar-refractivity contribution in [2.75, 3.05) is 0 Å². The third-order valence-electron chi connectivity index (χ3n) is 2.31. The van der Waals surface area contributed by atoms with Gasteiger partial charge < -0.3 is 0 Å². The molecule has 0 unspecified atom stereocenters. The quantitative estimate of drug-likeness (QED) is 0.699. The maximum absolute atomic E-state index is 12.8. The number of halogens is 2. The van der Waals surface area contributed by atoms with Gasteiger partial charge in [-0.3, -0.25) is 0 Å². The van der Waals surface area contributed by atoms with E-state index in [1.807, 2.05) is 0 Å². The van der Waals surface area contributed by atoms with Gasteiger partial charge in [0.05, 0.1) is 0 Å². The van der Waals surface area contributed by atoms with Crippen LogP contribution < -0.4 is 0 Å². The van der Waals surface area contributed by atoms with Crippen LogP contribution in [-0.4, -0.2) is 0 Å². The summed E-state index contributed by atoms with van der Waals surface area (Å²) in [6, 6.07) is 3.73. The molecule has 0 aromatic heterocycles. The molecule has 84 valence electrons. The Kier molecular flexibility index (Phi) is 3.83. The Morgan fingerprint density at radius 1 is 1.00 bits per heavy atom. The van der Waals surface area contributed by atoms with Crippen LogP contribution in [0.1, 0.15) is 39.2 Å². The zero-order valence-corrected chi connectivity index (χ0v) is 9.61. The average molecular weight is 212 g/mol. The normalized spacial score (nSPS) is 11.8. The molecule has 0 atom stereocenters. The lowest BCUT2D eigenvalue weighted by Crippen LogP contribution is -2.05. The van der Waals surface area contributed by atoms with E-state index in [2.05, 4.69) is 20.8 Å². The summed E-state index contributed by atoms with van der Waals surface area (Å²) in [6.45, 7) is 6.50. The van der Waals surface area contributed by atoms with Gasteiger partial charge in [-0.05, 0) is 42.4 Å². The van der Waals surface area contributed by atoms with Gasteiger partial charge in [0.15, 0.2) is 0 Å². The molecule has 0 bridgehead atoms. The fourth-order valence-corrected chi connectivity index (χ4v) is 1.58. The molecule has 0 radical (unpaired) electrons. The highest BCUT2D eigenvalue weighted by molar-refractivity contribution is 5.17. The zero-order valence-electron chi connectivity index (χ0n) is 9.61. The van der Waals surface area contributed by atoms with E-state index in [-0.39, 0.29) is 5.41 Å². The second kappa shape index (κ2) is 4.73. The Morgan fingerprint density at radius 2 is 1.53 bits per heavy atom. The van der Waals surface area contributed by atoms with E-state index in [4.69, 9.17) is 0 Å². The summed E-state index contributed by atoms with van der Waals surface area (Å²) in [5, 5.41) is 0. The van der Waals surface area contributed by atoms with E-state index < -0.39 is 11.6 Å². The minimum atomic E-state index is -0.485. The molecule has 0 nitrogen and oxygen atoms in total. The van der Waals surface area contributed by atoms with Crippen molar-refractivity contribution in [3.8, 4) is 0 Å². The Bertz CT molecular complexity index is 304. The average Bonchev–Trinajstić information content (AvgIpc) is 1.99. The Hall–Kier alpha value is -0.920. The summed E-state index contributed by atoms with van der Waals surface area (Å²) in [5.41, 5.74) is 1.03. The van der Waals surface area contributed by atoms with Crippen molar-refractivity contribution in [2.24, 2.45) is 5.41 Å². The molecular weight excluding hydrogens is 194 g/mol. The summed E-state index contributed by atoms with van der Waals surface area (Å²) in [7, 11) is 0. The molecular formula is C13H18F2. The molecule has 0 saturated carbocycles. The fourth-order valence-electron chi connectivity index (χ4n) is 1.58. The van der Waals surface area contributed by atoms with Gasteiger partial charge in [-0.25, -0.2) is 8.78 Å². The van der Waals surface area contributed by atoms with E-state index in [9.17, 15) is 8.78 Å². The molecule has 15 heavy (non-hydrogen) atoms. The number of hydrogen-bond acceptors (Lipinski definition) is 0. The first kappa shape index (κ1) is 12.2. The van der Waals surface area contributed by atoms with Crippen molar-refractivity contribution in [2.45, 2.75) is 40.0 Å². The van der Waals surface area contributed by atoms with Crippen LogP contribution in [0.4, 0.5) is 8.78 Å². The van der Waals surface area contributed by atoms with Crippen molar-refractivity contribution in [3.05, 3.63) is 35.4 Å². The monoisotopic (exact) mass is 212 g/mol. The molecule has 0 spiro atoms. The summed E-state index contributed by atoms with van der Waals surface area (Å²) in [4.78, 5) is 0. The zero-order chi connectivity index (χ0) is 11.5. The Labute approximate surface area is 90.3 Å². The predicted molar refractivity (Wildman–Crippen MR) is 58.8 cm³/mol. The van der Waals surface area contributed by atoms with E-state index >= 15 is 0 Å². The molecule has 0 heterocycles. The van der Waals surface area contributed by atoms with E-state index in [1.54, 1.807) is 0 Å². The highest BCUT2D eigenvalue weighted by Gasteiger charge is 2.09. The van der Waals surface area contributed by atoms with Gasteiger partial charge >= 0.3 is 0 Å². The molecule has 1 aromatic rings. The van der Waals surface area contributed by atoms with Crippen LogP contribution in [0.2, 0.25) is 0 Å². The van der Waals surface area contributed by atoms with Gasteiger partial charge in [-0.1, -0.05) is 20.8 Å². The van der Waals surface area contributed by atoms with E-state index in [0.717, 1.165) is 30.9 Å². The van der Waals surface area contributed by atoms with Crippen molar-refractivity contribution < 1.29 is 8.78 Å². The van der Waals surface area contributed by atoms with Gasteiger partial charge in [0.1, 0.15) is 11.6 Å². The third kappa shape index (κ3) is 4.91. The van der Waals surface area contributed by atoms with Crippen molar-refractivity contribution in [1.29, 1.82) is 0 Å². The van der Waals surface area contributed by atoms with E-state index in [0.29, 0.717) is 0 Å². The topological polar surface area (TPSA) is 0 Å². The molecule has 0 aliphatic rings. The molecule has 0 aliphatic heterocycles. The predicted octanol–water partition coefficient (Wildman–Crippen LogP) is 4.33. The molecule has 1 rings (SSSR count). The highest BCUT2D eigenvalue weighted by Crippen LogP contribution is 2.22. The summed E-state index contributed by atoms with van der Waals surface area (Å²) >= 11 is 0. The maximum atomic E-state index is 12.8. The second-order valence-corrected chi connectivity index (χ2v) is 5.19. The van der Waals surface area contributed by atoms with Crippen molar-refractivity contribution in [3.63, 3.8) is 0 Å². The summed E-state index contributed by atoms with van der Waals surface area (Å²) in [5.74, 6) is -0.971. The van der Waals surface area contributed by atoms with Gasteiger partial charge in [0.2, 0.25) is 0 Å². The molecule has 0 aliphatic carbocycles.